The number of hydrogen-bond donors (Lipinski definition) is 0. The second kappa shape index (κ2) is 5.24. The van der Waals surface area contributed by atoms with Gasteiger partial charge in [0.25, 0.3) is 5.69 Å². The summed E-state index contributed by atoms with van der Waals surface area (Å²) in [6.07, 6.45) is 7.74. The maximum atomic E-state index is 11.0. The number of non-ortho nitro benzene ring substituents is 1. The van der Waals surface area contributed by atoms with E-state index in [-0.39, 0.29) is 10.6 Å². The smallest absolute Gasteiger partial charge is 0.258 e. The Hall–Kier alpha value is -3.01. The van der Waals surface area contributed by atoms with E-state index in [1.54, 1.807) is 12.1 Å². The standard InChI is InChI=1S/C21H16N2O2/c24-23(25)15-9-7-13(8-10-15)19-20-17-6-2-1-5-16(17)18(20)12-14-4-3-11-22-21(14)19/h3-5,7-12,17H,1-2,6H2. The van der Waals surface area contributed by atoms with Crippen molar-refractivity contribution in [3.8, 4) is 11.1 Å². The van der Waals surface area contributed by atoms with Gasteiger partial charge < -0.3 is 0 Å². The highest BCUT2D eigenvalue weighted by Gasteiger charge is 2.36. The molecule has 4 nitrogen and oxygen atoms in total. The van der Waals surface area contributed by atoms with Gasteiger partial charge in [0.05, 0.1) is 10.4 Å². The van der Waals surface area contributed by atoms with Crippen LogP contribution in [0.25, 0.3) is 27.6 Å². The van der Waals surface area contributed by atoms with Gasteiger partial charge in [0.2, 0.25) is 0 Å². The van der Waals surface area contributed by atoms with E-state index in [1.165, 1.54) is 29.5 Å². The second-order valence-corrected chi connectivity index (χ2v) is 6.73. The van der Waals surface area contributed by atoms with Gasteiger partial charge in [-0.1, -0.05) is 12.1 Å². The first-order valence-electron chi connectivity index (χ1n) is 8.61. The molecule has 0 amide bonds. The van der Waals surface area contributed by atoms with Gasteiger partial charge in [-0.3, -0.25) is 15.1 Å². The van der Waals surface area contributed by atoms with E-state index in [4.69, 9.17) is 0 Å². The Morgan fingerprint density at radius 1 is 1.16 bits per heavy atom. The minimum absolute atomic E-state index is 0.119. The zero-order valence-corrected chi connectivity index (χ0v) is 13.6. The number of hydrogen-bond acceptors (Lipinski definition) is 3. The van der Waals surface area contributed by atoms with Crippen molar-refractivity contribution in [1.29, 1.82) is 0 Å². The summed E-state index contributed by atoms with van der Waals surface area (Å²) < 4.78 is 0. The summed E-state index contributed by atoms with van der Waals surface area (Å²) in [6, 6.07) is 13.2. The molecule has 4 heteroatoms. The number of nitrogens with zero attached hydrogens (tertiary/aromatic N) is 2. The lowest BCUT2D eigenvalue weighted by molar-refractivity contribution is -0.384. The lowest BCUT2D eigenvalue weighted by Gasteiger charge is -2.39. The minimum Gasteiger partial charge on any atom is -0.258 e. The molecular weight excluding hydrogens is 312 g/mol. The van der Waals surface area contributed by atoms with Crippen LogP contribution in [0.1, 0.15) is 36.3 Å². The topological polar surface area (TPSA) is 56.0 Å². The van der Waals surface area contributed by atoms with Crippen LogP contribution in [0.2, 0.25) is 0 Å². The molecule has 0 spiro atoms. The molecule has 2 aliphatic rings. The van der Waals surface area contributed by atoms with Gasteiger partial charge in [-0.25, -0.2) is 0 Å². The molecule has 2 aromatic carbocycles. The molecule has 0 saturated carbocycles. The fraction of sp³-hybridized carbons (Fsp3) is 0.190. The number of allylic oxidation sites excluding steroid dienone is 2. The van der Waals surface area contributed by atoms with Gasteiger partial charge in [0.15, 0.2) is 0 Å². The Kier molecular flexibility index (Phi) is 3.01. The molecule has 5 rings (SSSR count). The van der Waals surface area contributed by atoms with E-state index in [0.29, 0.717) is 5.92 Å². The average molecular weight is 328 g/mol. The molecule has 1 atom stereocenters. The van der Waals surface area contributed by atoms with Crippen molar-refractivity contribution in [3.05, 3.63) is 76.0 Å². The van der Waals surface area contributed by atoms with Gasteiger partial charge >= 0.3 is 0 Å². The Balaban J connectivity index is 1.79. The molecule has 1 aromatic heterocycles. The number of rotatable bonds is 2. The Morgan fingerprint density at radius 2 is 2.00 bits per heavy atom. The van der Waals surface area contributed by atoms with Gasteiger partial charge in [0.1, 0.15) is 0 Å². The van der Waals surface area contributed by atoms with E-state index in [1.807, 2.05) is 24.4 Å². The summed E-state index contributed by atoms with van der Waals surface area (Å²) >= 11 is 0. The summed E-state index contributed by atoms with van der Waals surface area (Å²) in [7, 11) is 0. The first-order valence-corrected chi connectivity index (χ1v) is 8.61. The van der Waals surface area contributed by atoms with Crippen molar-refractivity contribution >= 4 is 22.2 Å². The summed E-state index contributed by atoms with van der Waals surface area (Å²) in [5.41, 5.74) is 7.43. The molecule has 2 aliphatic carbocycles. The molecule has 0 N–H and O–H groups in total. The lowest BCUT2D eigenvalue weighted by atomic mass is 9.65. The van der Waals surface area contributed by atoms with E-state index >= 15 is 0 Å². The average Bonchev–Trinajstić information content (AvgIpc) is 2.65. The molecule has 0 bridgehead atoms. The van der Waals surface area contributed by atoms with Crippen LogP contribution in [-0.2, 0) is 0 Å². The van der Waals surface area contributed by atoms with Crippen molar-refractivity contribution in [2.75, 3.05) is 0 Å². The molecule has 122 valence electrons. The first kappa shape index (κ1) is 14.3. The van der Waals surface area contributed by atoms with Crippen molar-refractivity contribution in [1.82, 2.24) is 4.98 Å². The van der Waals surface area contributed by atoms with Crippen molar-refractivity contribution in [2.45, 2.75) is 25.2 Å². The molecule has 0 saturated heterocycles. The largest absolute Gasteiger partial charge is 0.269 e. The minimum atomic E-state index is -0.356. The summed E-state index contributed by atoms with van der Waals surface area (Å²) in [5.74, 6) is 0.486. The number of pyridine rings is 1. The fourth-order valence-corrected chi connectivity index (χ4v) is 4.28. The van der Waals surface area contributed by atoms with Gasteiger partial charge in [0, 0.05) is 35.2 Å². The summed E-state index contributed by atoms with van der Waals surface area (Å²) in [4.78, 5) is 15.2. The van der Waals surface area contributed by atoms with Crippen LogP contribution in [0.5, 0.6) is 0 Å². The monoisotopic (exact) mass is 328 g/mol. The van der Waals surface area contributed by atoms with Crippen LogP contribution < -0.4 is 0 Å². The SMILES string of the molecule is O=[N+]([O-])c1ccc(-c2c3c(cc4cccnc24)C2=CCCCC23)cc1. The highest BCUT2D eigenvalue weighted by molar-refractivity contribution is 6.04. The third-order valence-corrected chi connectivity index (χ3v) is 5.40. The number of nitro groups is 1. The maximum absolute atomic E-state index is 11.0. The fourth-order valence-electron chi connectivity index (χ4n) is 4.28. The van der Waals surface area contributed by atoms with Crippen LogP contribution in [0.3, 0.4) is 0 Å². The van der Waals surface area contributed by atoms with Crippen LogP contribution in [0.4, 0.5) is 5.69 Å². The van der Waals surface area contributed by atoms with Crippen LogP contribution in [0.15, 0.2) is 54.7 Å². The van der Waals surface area contributed by atoms with Crippen molar-refractivity contribution in [2.24, 2.45) is 0 Å². The highest BCUT2D eigenvalue weighted by Crippen LogP contribution is 2.56. The third kappa shape index (κ3) is 2.03. The number of aromatic nitrogens is 1. The Bertz CT molecular complexity index is 1050. The van der Waals surface area contributed by atoms with Gasteiger partial charge in [-0.05, 0) is 65.8 Å². The molecule has 3 aromatic rings. The predicted molar refractivity (Wildman–Crippen MR) is 98.4 cm³/mol. The second-order valence-electron chi connectivity index (χ2n) is 6.73. The molecule has 0 fully saturated rings. The van der Waals surface area contributed by atoms with Crippen molar-refractivity contribution < 1.29 is 4.92 Å². The van der Waals surface area contributed by atoms with E-state index in [2.05, 4.69) is 23.2 Å². The van der Waals surface area contributed by atoms with Crippen LogP contribution in [0, 0.1) is 10.1 Å². The predicted octanol–water partition coefficient (Wildman–Crippen LogP) is 5.47. The first-order chi connectivity index (χ1) is 12.2. The highest BCUT2D eigenvalue weighted by atomic mass is 16.6. The molecule has 25 heavy (non-hydrogen) atoms. The third-order valence-electron chi connectivity index (χ3n) is 5.40. The zero-order chi connectivity index (χ0) is 17.0. The van der Waals surface area contributed by atoms with Gasteiger partial charge in [-0.2, -0.15) is 0 Å². The van der Waals surface area contributed by atoms with E-state index in [9.17, 15) is 10.1 Å². The Labute approximate surface area is 145 Å². The van der Waals surface area contributed by atoms with Crippen LogP contribution in [-0.4, -0.2) is 9.91 Å². The quantitative estimate of drug-likeness (QED) is 0.462. The summed E-state index contributed by atoms with van der Waals surface area (Å²) in [6.45, 7) is 0. The number of fused-ring (bicyclic) bond motifs is 5. The van der Waals surface area contributed by atoms with Crippen LogP contribution >= 0.6 is 0 Å². The molecule has 1 unspecified atom stereocenters. The van der Waals surface area contributed by atoms with Crippen molar-refractivity contribution in [3.63, 3.8) is 0 Å². The van der Waals surface area contributed by atoms with Gasteiger partial charge in [-0.15, -0.1) is 0 Å². The summed E-state index contributed by atoms with van der Waals surface area (Å²) in [5, 5.41) is 12.1. The van der Waals surface area contributed by atoms with E-state index < -0.39 is 0 Å². The van der Waals surface area contributed by atoms with E-state index in [0.717, 1.165) is 28.5 Å². The lowest BCUT2D eigenvalue weighted by Crippen LogP contribution is -2.20. The number of nitro benzene ring substituents is 1. The number of benzene rings is 2. The molecule has 0 radical (unpaired) electrons. The maximum Gasteiger partial charge on any atom is 0.269 e. The zero-order valence-electron chi connectivity index (χ0n) is 13.6. The molecule has 0 aliphatic heterocycles. The Morgan fingerprint density at radius 3 is 2.80 bits per heavy atom. The normalized spacial score (nSPS) is 18.1. The molecule has 1 heterocycles. The molecular formula is C21H16N2O2.